The van der Waals surface area contributed by atoms with E-state index in [-0.39, 0.29) is 40.3 Å². The van der Waals surface area contributed by atoms with Gasteiger partial charge in [-0.1, -0.05) is 42.5 Å². The first-order chi connectivity index (χ1) is 18.4. The Morgan fingerprint density at radius 2 is 1.56 bits per heavy atom. The number of piperazine rings is 1. The number of alkyl halides is 3. The van der Waals surface area contributed by atoms with Gasteiger partial charge in [-0.2, -0.15) is 13.2 Å². The number of sulfone groups is 1. The summed E-state index contributed by atoms with van der Waals surface area (Å²) in [6.45, 7) is 1.49. The van der Waals surface area contributed by atoms with Crippen LogP contribution in [0.4, 0.5) is 23.2 Å². The molecule has 2 aliphatic heterocycles. The number of ether oxygens (including phenoxy) is 1. The number of hydrogen-bond donors (Lipinski definition) is 1. The number of rotatable bonds is 7. The van der Waals surface area contributed by atoms with Gasteiger partial charge in [0.1, 0.15) is 16.8 Å². The summed E-state index contributed by atoms with van der Waals surface area (Å²) in [4.78, 5) is 14.5. The second-order valence-corrected chi connectivity index (χ2v) is 11.9. The predicted octanol–water partition coefficient (Wildman–Crippen LogP) is 4.34. The molecule has 3 aromatic rings. The van der Waals surface area contributed by atoms with E-state index >= 15 is 0 Å². The number of nitrogens with one attached hydrogen (secondary N) is 1. The maximum atomic E-state index is 14.8. The molecular formula is C28H27F4N2O4S+. The molecule has 0 radical (unpaired) electrons. The molecule has 0 spiro atoms. The third-order valence-electron chi connectivity index (χ3n) is 7.63. The molecule has 2 aliphatic rings. The summed E-state index contributed by atoms with van der Waals surface area (Å²) in [6.07, 6.45) is -4.30. The molecule has 6 nitrogen and oxygen atoms in total. The molecule has 2 fully saturated rings. The van der Waals surface area contributed by atoms with Crippen molar-refractivity contribution < 1.29 is 35.5 Å². The summed E-state index contributed by atoms with van der Waals surface area (Å²) in [6, 6.07) is 16.3. The van der Waals surface area contributed by atoms with Gasteiger partial charge in [0.05, 0.1) is 25.3 Å². The topological polar surface area (TPSA) is 75.8 Å². The number of carbonyl (C=O) groups excluding carboxylic acids is 1. The molecule has 0 bridgehead atoms. The fraction of sp³-hybridized carbons (Fsp3) is 0.321. The van der Waals surface area contributed by atoms with Gasteiger partial charge in [-0.15, -0.1) is 0 Å². The van der Waals surface area contributed by atoms with Crippen molar-refractivity contribution in [2.45, 2.75) is 22.7 Å². The van der Waals surface area contributed by atoms with Crippen LogP contribution in [0.2, 0.25) is 0 Å². The maximum absolute atomic E-state index is 14.8. The molecule has 0 amide bonds. The van der Waals surface area contributed by atoms with Crippen molar-refractivity contribution in [1.29, 1.82) is 0 Å². The minimum absolute atomic E-state index is 0.0291. The molecule has 0 saturated carbocycles. The Kier molecular flexibility index (Phi) is 6.91. The van der Waals surface area contributed by atoms with Crippen LogP contribution in [0.15, 0.2) is 77.7 Å². The average Bonchev–Trinajstić information content (AvgIpc) is 3.75. The lowest BCUT2D eigenvalue weighted by molar-refractivity contribution is -0.137. The van der Waals surface area contributed by atoms with Gasteiger partial charge in [0.25, 0.3) is 0 Å². The van der Waals surface area contributed by atoms with Crippen LogP contribution in [0.25, 0.3) is 0 Å². The number of carbonyl (C=O) groups is 1. The quantitative estimate of drug-likeness (QED) is 0.201. The second kappa shape index (κ2) is 9.81. The summed E-state index contributed by atoms with van der Waals surface area (Å²) in [5.41, 5.74) is -1.67. The van der Waals surface area contributed by atoms with Gasteiger partial charge < -0.3 is 10.1 Å². The van der Waals surface area contributed by atoms with E-state index in [4.69, 9.17) is 4.74 Å². The smallest absolute Gasteiger partial charge is 0.365 e. The molecule has 39 heavy (non-hydrogen) atoms. The van der Waals surface area contributed by atoms with E-state index in [1.54, 1.807) is 30.3 Å². The standard InChI is InChI=1S/C28H27F4N2O4S/c1-39(36,37)24-17-22(29)11-12-23(24)34(15-13-33-14-16-34)27(25-18-38-25,20-5-3-2-4-6-20)26(35)19-7-9-21(10-8-19)28(30,31)32/h2-12,17,25,33H,13-16,18H2,1H3/q+1. The molecule has 0 aromatic heterocycles. The minimum Gasteiger partial charge on any atom is -0.365 e. The van der Waals surface area contributed by atoms with Crippen LogP contribution in [-0.2, 0) is 26.3 Å². The number of nitrogens with zero attached hydrogens (tertiary/aromatic N) is 1. The maximum Gasteiger partial charge on any atom is 0.416 e. The summed E-state index contributed by atoms with van der Waals surface area (Å²) in [5, 5.41) is 3.25. The number of Topliss-reactive ketones (excluding diaryl/α,β-unsaturated/α-hetero) is 1. The van der Waals surface area contributed by atoms with Crippen molar-refractivity contribution in [3.05, 3.63) is 95.3 Å². The molecular weight excluding hydrogens is 536 g/mol. The summed E-state index contributed by atoms with van der Waals surface area (Å²) in [5.74, 6) is -1.25. The SMILES string of the molecule is CS(=O)(=O)c1cc(F)ccc1[N+]1(C(C(=O)c2ccc(C(F)(F)F)cc2)(c2ccccc2)C2CO2)CCNCC1. The third-order valence-corrected chi connectivity index (χ3v) is 8.76. The zero-order chi connectivity index (χ0) is 28.1. The van der Waals surface area contributed by atoms with Gasteiger partial charge in [0, 0.05) is 36.5 Å². The van der Waals surface area contributed by atoms with Gasteiger partial charge in [0.15, 0.2) is 15.5 Å². The highest BCUT2D eigenvalue weighted by Gasteiger charge is 2.68. The number of benzene rings is 3. The average molecular weight is 564 g/mol. The van der Waals surface area contributed by atoms with Crippen molar-refractivity contribution in [3.63, 3.8) is 0 Å². The van der Waals surface area contributed by atoms with Crippen molar-refractivity contribution >= 4 is 21.3 Å². The van der Waals surface area contributed by atoms with Gasteiger partial charge in [0.2, 0.25) is 11.3 Å². The largest absolute Gasteiger partial charge is 0.416 e. The highest BCUT2D eigenvalue weighted by molar-refractivity contribution is 7.90. The van der Waals surface area contributed by atoms with Crippen LogP contribution >= 0.6 is 0 Å². The molecule has 2 heterocycles. The monoisotopic (exact) mass is 563 g/mol. The van der Waals surface area contributed by atoms with E-state index in [9.17, 15) is 30.8 Å². The Morgan fingerprint density at radius 1 is 0.949 bits per heavy atom. The number of ketones is 1. The molecule has 1 N–H and O–H groups in total. The number of epoxide rings is 1. The summed E-state index contributed by atoms with van der Waals surface area (Å²) >= 11 is 0. The van der Waals surface area contributed by atoms with Gasteiger partial charge in [-0.3, -0.25) is 9.28 Å². The lowest BCUT2D eigenvalue weighted by Gasteiger charge is -2.53. The molecule has 206 valence electrons. The first-order valence-electron chi connectivity index (χ1n) is 12.4. The van der Waals surface area contributed by atoms with Crippen LogP contribution < -0.4 is 9.80 Å². The van der Waals surface area contributed by atoms with E-state index in [0.29, 0.717) is 18.7 Å². The van der Waals surface area contributed by atoms with E-state index in [1.807, 2.05) is 0 Å². The molecule has 2 saturated heterocycles. The predicted molar refractivity (Wildman–Crippen MR) is 138 cm³/mol. The Balaban J connectivity index is 1.84. The van der Waals surface area contributed by atoms with Crippen molar-refractivity contribution in [3.8, 4) is 0 Å². The summed E-state index contributed by atoms with van der Waals surface area (Å²) in [7, 11) is -3.96. The lowest BCUT2D eigenvalue weighted by atomic mass is 9.75. The highest BCUT2D eigenvalue weighted by Crippen LogP contribution is 2.51. The molecule has 2 unspecified atom stereocenters. The summed E-state index contributed by atoms with van der Waals surface area (Å²) < 4.78 is 86.0. The van der Waals surface area contributed by atoms with Crippen molar-refractivity contribution in [1.82, 2.24) is 9.80 Å². The van der Waals surface area contributed by atoms with E-state index in [0.717, 1.165) is 42.7 Å². The fourth-order valence-electron chi connectivity index (χ4n) is 5.89. The van der Waals surface area contributed by atoms with Gasteiger partial charge in [-0.25, -0.2) is 12.8 Å². The van der Waals surface area contributed by atoms with Crippen molar-refractivity contribution in [2.24, 2.45) is 0 Å². The molecule has 2 atom stereocenters. The van der Waals surface area contributed by atoms with Crippen LogP contribution in [0.3, 0.4) is 0 Å². The van der Waals surface area contributed by atoms with Gasteiger partial charge >= 0.3 is 6.18 Å². The number of halogens is 4. The fourth-order valence-corrected chi connectivity index (χ4v) is 6.84. The lowest BCUT2D eigenvalue weighted by Crippen LogP contribution is -2.75. The second-order valence-electron chi connectivity index (χ2n) is 9.91. The Bertz CT molecular complexity index is 1480. The Hall–Kier alpha value is -3.12. The van der Waals surface area contributed by atoms with Crippen molar-refractivity contribution in [2.75, 3.05) is 39.0 Å². The molecule has 5 rings (SSSR count). The zero-order valence-electron chi connectivity index (χ0n) is 21.0. The minimum atomic E-state index is -4.58. The van der Waals surface area contributed by atoms with E-state index < -0.39 is 44.8 Å². The third kappa shape index (κ3) is 4.67. The first-order valence-corrected chi connectivity index (χ1v) is 14.3. The normalized spacial score (nSPS) is 20.7. The van der Waals surface area contributed by atoms with Crippen LogP contribution in [0.1, 0.15) is 21.5 Å². The molecule has 11 heteroatoms. The van der Waals surface area contributed by atoms with Crippen LogP contribution in [0, 0.1) is 5.82 Å². The molecule has 3 aromatic carbocycles. The Morgan fingerprint density at radius 3 is 2.10 bits per heavy atom. The molecule has 0 aliphatic carbocycles. The highest BCUT2D eigenvalue weighted by atomic mass is 32.2. The first kappa shape index (κ1) is 27.4. The van der Waals surface area contributed by atoms with E-state index in [1.165, 1.54) is 6.07 Å². The van der Waals surface area contributed by atoms with E-state index in [2.05, 4.69) is 5.32 Å². The van der Waals surface area contributed by atoms with Gasteiger partial charge in [-0.05, 0) is 24.3 Å². The van der Waals surface area contributed by atoms with Crippen LogP contribution in [0.5, 0.6) is 0 Å². The zero-order valence-corrected chi connectivity index (χ0v) is 21.9. The number of hydrogen-bond acceptors (Lipinski definition) is 5. The Labute approximate surface area is 223 Å². The van der Waals surface area contributed by atoms with Crippen LogP contribution in [-0.4, -0.2) is 59.3 Å². The number of quaternary nitrogens is 1.